The number of rotatable bonds is 4. The van der Waals surface area contributed by atoms with E-state index < -0.39 is 5.97 Å². The lowest BCUT2D eigenvalue weighted by atomic mass is 10.1. The lowest BCUT2D eigenvalue weighted by Crippen LogP contribution is -2.18. The molecule has 0 saturated carbocycles. The number of aryl methyl sites for hydroxylation is 2. The van der Waals surface area contributed by atoms with Gasteiger partial charge >= 0.3 is 5.97 Å². The van der Waals surface area contributed by atoms with E-state index in [1.165, 1.54) is 6.07 Å². The van der Waals surface area contributed by atoms with Gasteiger partial charge in [-0.3, -0.25) is 9.59 Å². The number of carboxylic acid groups (broad SMARTS) is 1. The third kappa shape index (κ3) is 2.73. The van der Waals surface area contributed by atoms with E-state index in [-0.39, 0.29) is 12.0 Å². The SMILES string of the molecule is CCn1ccc(CCC(=O)O)cc1=O. The largest absolute Gasteiger partial charge is 0.481 e. The molecule has 1 rings (SSSR count). The number of carbonyl (C=O) groups is 1. The van der Waals surface area contributed by atoms with Crippen LogP contribution in [0.15, 0.2) is 23.1 Å². The van der Waals surface area contributed by atoms with Gasteiger partial charge in [0.1, 0.15) is 0 Å². The lowest BCUT2D eigenvalue weighted by Gasteiger charge is -2.02. The Bertz CT molecular complexity index is 381. The van der Waals surface area contributed by atoms with Gasteiger partial charge in [0, 0.05) is 25.2 Å². The molecule has 0 atom stereocenters. The van der Waals surface area contributed by atoms with Gasteiger partial charge in [-0.25, -0.2) is 0 Å². The normalized spacial score (nSPS) is 10.1. The Labute approximate surface area is 81.8 Å². The van der Waals surface area contributed by atoms with Crippen molar-refractivity contribution >= 4 is 5.97 Å². The first kappa shape index (κ1) is 10.5. The quantitative estimate of drug-likeness (QED) is 0.776. The molecule has 0 aliphatic carbocycles. The van der Waals surface area contributed by atoms with Crippen LogP contribution >= 0.6 is 0 Å². The van der Waals surface area contributed by atoms with Gasteiger partial charge in [-0.2, -0.15) is 0 Å². The first-order valence-electron chi connectivity index (χ1n) is 4.54. The van der Waals surface area contributed by atoms with Crippen molar-refractivity contribution < 1.29 is 9.90 Å². The fourth-order valence-corrected chi connectivity index (χ4v) is 1.22. The highest BCUT2D eigenvalue weighted by Crippen LogP contribution is 1.99. The van der Waals surface area contributed by atoms with Gasteiger partial charge in [0.25, 0.3) is 5.56 Å². The maximum Gasteiger partial charge on any atom is 0.303 e. The van der Waals surface area contributed by atoms with Crippen LogP contribution in [0, 0.1) is 0 Å². The number of pyridine rings is 1. The Kier molecular flexibility index (Phi) is 3.45. The first-order valence-corrected chi connectivity index (χ1v) is 4.54. The van der Waals surface area contributed by atoms with Gasteiger partial charge in [0.15, 0.2) is 0 Å². The molecule has 1 aromatic heterocycles. The van der Waals surface area contributed by atoms with Crippen molar-refractivity contribution in [3.63, 3.8) is 0 Å². The second-order valence-corrected chi connectivity index (χ2v) is 3.05. The van der Waals surface area contributed by atoms with Crippen LogP contribution in [0.2, 0.25) is 0 Å². The second-order valence-electron chi connectivity index (χ2n) is 3.05. The molecule has 0 unspecified atom stereocenters. The van der Waals surface area contributed by atoms with Gasteiger partial charge < -0.3 is 9.67 Å². The fraction of sp³-hybridized carbons (Fsp3) is 0.400. The number of aromatic nitrogens is 1. The van der Waals surface area contributed by atoms with Crippen LogP contribution in [0.25, 0.3) is 0 Å². The first-order chi connectivity index (χ1) is 6.63. The molecule has 0 radical (unpaired) electrons. The summed E-state index contributed by atoms with van der Waals surface area (Å²) in [6.07, 6.45) is 2.17. The molecule has 1 N–H and O–H groups in total. The number of nitrogens with zero attached hydrogens (tertiary/aromatic N) is 1. The summed E-state index contributed by atoms with van der Waals surface area (Å²) in [7, 11) is 0. The molecule has 4 heteroatoms. The van der Waals surface area contributed by atoms with Crippen LogP contribution < -0.4 is 5.56 Å². The highest BCUT2D eigenvalue weighted by atomic mass is 16.4. The average molecular weight is 195 g/mol. The van der Waals surface area contributed by atoms with Gasteiger partial charge in [0.2, 0.25) is 0 Å². The molecule has 1 aromatic rings. The predicted molar refractivity (Wildman–Crippen MR) is 52.3 cm³/mol. The van der Waals surface area contributed by atoms with Crippen LogP contribution in [0.1, 0.15) is 18.9 Å². The summed E-state index contributed by atoms with van der Waals surface area (Å²) in [4.78, 5) is 21.6. The number of hydrogen-bond acceptors (Lipinski definition) is 2. The summed E-state index contributed by atoms with van der Waals surface area (Å²) < 4.78 is 1.57. The van der Waals surface area contributed by atoms with Crippen LogP contribution in [-0.2, 0) is 17.8 Å². The third-order valence-electron chi connectivity index (χ3n) is 2.03. The zero-order valence-electron chi connectivity index (χ0n) is 8.06. The third-order valence-corrected chi connectivity index (χ3v) is 2.03. The van der Waals surface area contributed by atoms with Crippen molar-refractivity contribution in [2.75, 3.05) is 0 Å². The maximum atomic E-state index is 11.3. The van der Waals surface area contributed by atoms with Crippen LogP contribution in [0.5, 0.6) is 0 Å². The van der Waals surface area contributed by atoms with Crippen molar-refractivity contribution in [3.05, 3.63) is 34.2 Å². The fourth-order valence-electron chi connectivity index (χ4n) is 1.22. The van der Waals surface area contributed by atoms with E-state index in [1.807, 2.05) is 6.92 Å². The van der Waals surface area contributed by atoms with Crippen LogP contribution in [0.3, 0.4) is 0 Å². The summed E-state index contributed by atoms with van der Waals surface area (Å²) in [5.41, 5.74) is 0.706. The molecule has 4 nitrogen and oxygen atoms in total. The standard InChI is InChI=1S/C10H13NO3/c1-2-11-6-5-8(7-9(11)12)3-4-10(13)14/h5-7H,2-4H2,1H3,(H,13,14). The van der Waals surface area contributed by atoms with Crippen molar-refractivity contribution in [2.24, 2.45) is 0 Å². The smallest absolute Gasteiger partial charge is 0.303 e. The Morgan fingerprint density at radius 3 is 2.79 bits per heavy atom. The molecule has 0 aliphatic rings. The van der Waals surface area contributed by atoms with E-state index >= 15 is 0 Å². The summed E-state index contributed by atoms with van der Waals surface area (Å²) >= 11 is 0. The number of aliphatic carboxylic acids is 1. The zero-order chi connectivity index (χ0) is 10.6. The molecule has 0 fully saturated rings. The number of carboxylic acids is 1. The van der Waals surface area contributed by atoms with E-state index in [9.17, 15) is 9.59 Å². The van der Waals surface area contributed by atoms with Gasteiger partial charge in [-0.05, 0) is 25.0 Å². The Morgan fingerprint density at radius 1 is 1.57 bits per heavy atom. The minimum Gasteiger partial charge on any atom is -0.481 e. The Morgan fingerprint density at radius 2 is 2.29 bits per heavy atom. The van der Waals surface area contributed by atoms with Crippen LogP contribution in [0.4, 0.5) is 0 Å². The average Bonchev–Trinajstić information content (AvgIpc) is 2.15. The van der Waals surface area contributed by atoms with Crippen LogP contribution in [-0.4, -0.2) is 15.6 Å². The van der Waals surface area contributed by atoms with Crippen molar-refractivity contribution in [1.29, 1.82) is 0 Å². The van der Waals surface area contributed by atoms with E-state index in [2.05, 4.69) is 0 Å². The molecule has 76 valence electrons. The zero-order valence-corrected chi connectivity index (χ0v) is 8.06. The molecule has 0 saturated heterocycles. The maximum absolute atomic E-state index is 11.3. The topological polar surface area (TPSA) is 59.3 Å². The molecule has 1 heterocycles. The Balaban J connectivity index is 2.76. The van der Waals surface area contributed by atoms with Gasteiger partial charge in [0.05, 0.1) is 0 Å². The van der Waals surface area contributed by atoms with E-state index in [1.54, 1.807) is 16.8 Å². The summed E-state index contributed by atoms with van der Waals surface area (Å²) in [6, 6.07) is 3.28. The lowest BCUT2D eigenvalue weighted by molar-refractivity contribution is -0.136. The van der Waals surface area contributed by atoms with Crippen molar-refractivity contribution in [3.8, 4) is 0 Å². The predicted octanol–water partition coefficient (Wildman–Crippen LogP) is 0.885. The highest BCUT2D eigenvalue weighted by molar-refractivity contribution is 5.67. The summed E-state index contributed by atoms with van der Waals surface area (Å²) in [6.45, 7) is 2.52. The van der Waals surface area contributed by atoms with Gasteiger partial charge in [-0.1, -0.05) is 0 Å². The van der Waals surface area contributed by atoms with Crippen molar-refractivity contribution in [2.45, 2.75) is 26.3 Å². The molecule has 0 aromatic carbocycles. The van der Waals surface area contributed by atoms with E-state index in [0.717, 1.165) is 5.56 Å². The molecule has 0 aliphatic heterocycles. The van der Waals surface area contributed by atoms with Crippen molar-refractivity contribution in [1.82, 2.24) is 4.57 Å². The monoisotopic (exact) mass is 195 g/mol. The minimum absolute atomic E-state index is 0.0651. The molecular formula is C10H13NO3. The highest BCUT2D eigenvalue weighted by Gasteiger charge is 2.00. The summed E-state index contributed by atoms with van der Waals surface area (Å²) in [5, 5.41) is 8.46. The molecule has 0 spiro atoms. The molecule has 0 amide bonds. The second kappa shape index (κ2) is 4.60. The van der Waals surface area contributed by atoms with E-state index in [0.29, 0.717) is 13.0 Å². The minimum atomic E-state index is -0.843. The molecular weight excluding hydrogens is 182 g/mol. The van der Waals surface area contributed by atoms with Gasteiger partial charge in [-0.15, -0.1) is 0 Å². The number of hydrogen-bond donors (Lipinski definition) is 1. The molecule has 0 bridgehead atoms. The Hall–Kier alpha value is -1.58. The van der Waals surface area contributed by atoms with E-state index in [4.69, 9.17) is 5.11 Å². The summed E-state index contributed by atoms with van der Waals surface area (Å²) in [5.74, 6) is -0.843. The molecule has 14 heavy (non-hydrogen) atoms.